The van der Waals surface area contributed by atoms with E-state index in [1.54, 1.807) is 0 Å². The highest BCUT2D eigenvalue weighted by Gasteiger charge is 2.38. The Hall–Kier alpha value is -1.84. The number of amides is 2. The first kappa shape index (κ1) is 16.0. The van der Waals surface area contributed by atoms with Crippen molar-refractivity contribution in [2.24, 2.45) is 5.92 Å². The van der Waals surface area contributed by atoms with Crippen molar-refractivity contribution in [1.82, 2.24) is 4.90 Å². The van der Waals surface area contributed by atoms with Gasteiger partial charge >= 0.3 is 0 Å². The largest absolute Gasteiger partial charge is 0.339 e. The third-order valence-electron chi connectivity index (χ3n) is 5.14. The number of carbonyl (C=O) groups excluding carboxylic acids is 2. The van der Waals surface area contributed by atoms with Gasteiger partial charge in [-0.05, 0) is 36.5 Å². The van der Waals surface area contributed by atoms with E-state index in [1.807, 2.05) is 29.2 Å². The zero-order valence-corrected chi connectivity index (χ0v) is 14.0. The van der Waals surface area contributed by atoms with Crippen LogP contribution < -0.4 is 5.32 Å². The van der Waals surface area contributed by atoms with Gasteiger partial charge in [0.05, 0.1) is 5.92 Å². The summed E-state index contributed by atoms with van der Waals surface area (Å²) in [7, 11) is 0. The molecule has 23 heavy (non-hydrogen) atoms. The van der Waals surface area contributed by atoms with Gasteiger partial charge in [0.1, 0.15) is 0 Å². The van der Waals surface area contributed by atoms with Gasteiger partial charge in [-0.15, -0.1) is 0 Å². The van der Waals surface area contributed by atoms with Gasteiger partial charge in [-0.25, -0.2) is 0 Å². The van der Waals surface area contributed by atoms with Crippen molar-refractivity contribution < 1.29 is 9.59 Å². The summed E-state index contributed by atoms with van der Waals surface area (Å²) in [5.74, 6) is 0.378. The maximum absolute atomic E-state index is 12.4. The molecular formula is C19H26N2O2. The van der Waals surface area contributed by atoms with Crippen molar-refractivity contribution >= 4 is 17.5 Å². The van der Waals surface area contributed by atoms with Crippen molar-refractivity contribution in [3.63, 3.8) is 0 Å². The lowest BCUT2D eigenvalue weighted by molar-refractivity contribution is -0.129. The lowest BCUT2D eigenvalue weighted by Gasteiger charge is -2.23. The molecule has 0 radical (unpaired) electrons. The average molecular weight is 314 g/mol. The van der Waals surface area contributed by atoms with E-state index in [4.69, 9.17) is 0 Å². The maximum atomic E-state index is 12.4. The highest BCUT2D eigenvalue weighted by atomic mass is 16.2. The highest BCUT2D eigenvalue weighted by molar-refractivity contribution is 5.97. The third kappa shape index (κ3) is 3.57. The monoisotopic (exact) mass is 314 g/mol. The Bertz CT molecular complexity index is 574. The minimum Gasteiger partial charge on any atom is -0.339 e. The van der Waals surface area contributed by atoms with Crippen molar-refractivity contribution in [2.45, 2.75) is 57.9 Å². The fourth-order valence-electron chi connectivity index (χ4n) is 3.67. The van der Waals surface area contributed by atoms with Crippen LogP contribution in [0.5, 0.6) is 0 Å². The fraction of sp³-hybridized carbons (Fsp3) is 0.579. The molecule has 2 aliphatic rings. The summed E-state index contributed by atoms with van der Waals surface area (Å²) in [5.41, 5.74) is 2.07. The lowest BCUT2D eigenvalue weighted by Crippen LogP contribution is -2.35. The Morgan fingerprint density at radius 1 is 1.17 bits per heavy atom. The van der Waals surface area contributed by atoms with Crippen LogP contribution >= 0.6 is 0 Å². The molecule has 124 valence electrons. The molecule has 0 unspecified atom stereocenters. The normalized spacial score (nSPS) is 22.1. The van der Waals surface area contributed by atoms with E-state index in [9.17, 15) is 9.59 Å². The molecule has 0 spiro atoms. The van der Waals surface area contributed by atoms with Crippen LogP contribution in [0, 0.1) is 5.92 Å². The number of anilines is 1. The minimum atomic E-state index is -0.215. The van der Waals surface area contributed by atoms with Crippen LogP contribution in [0.25, 0.3) is 0 Å². The molecule has 3 rings (SSSR count). The van der Waals surface area contributed by atoms with E-state index in [0.717, 1.165) is 18.5 Å². The van der Waals surface area contributed by atoms with Gasteiger partial charge in [0.25, 0.3) is 0 Å². The van der Waals surface area contributed by atoms with Crippen molar-refractivity contribution in [2.75, 3.05) is 11.9 Å². The van der Waals surface area contributed by atoms with Crippen LogP contribution in [0.2, 0.25) is 0 Å². The topological polar surface area (TPSA) is 49.4 Å². The summed E-state index contributed by atoms with van der Waals surface area (Å²) in [4.78, 5) is 26.6. The Morgan fingerprint density at radius 2 is 1.83 bits per heavy atom. The number of rotatable bonds is 4. The number of nitrogens with one attached hydrogen (secondary N) is 1. The van der Waals surface area contributed by atoms with Gasteiger partial charge in [-0.1, -0.05) is 38.8 Å². The van der Waals surface area contributed by atoms with Crippen molar-refractivity contribution in [3.8, 4) is 0 Å². The molecule has 1 aromatic rings. The smallest absolute Gasteiger partial charge is 0.229 e. The Kier molecular flexibility index (Phi) is 4.69. The second-order valence-corrected chi connectivity index (χ2v) is 7.15. The van der Waals surface area contributed by atoms with E-state index in [1.165, 1.54) is 18.4 Å². The second kappa shape index (κ2) is 6.73. The first-order valence-electron chi connectivity index (χ1n) is 8.75. The number of benzene rings is 1. The molecule has 2 fully saturated rings. The average Bonchev–Trinajstić information content (AvgIpc) is 3.16. The van der Waals surface area contributed by atoms with Gasteiger partial charge in [-0.3, -0.25) is 9.59 Å². The van der Waals surface area contributed by atoms with Crippen LogP contribution in [-0.2, 0) is 9.59 Å². The standard InChI is InChI=1S/C19H26N2O2/c1-13(2)14-7-9-16(10-8-14)20-19(23)15-11-18(22)21(12-15)17-5-3-4-6-17/h7-10,13,15,17H,3-6,11-12H2,1-2H3,(H,20,23)/t15-/m0/s1. The van der Waals surface area contributed by atoms with Crippen LogP contribution in [0.15, 0.2) is 24.3 Å². The summed E-state index contributed by atoms with van der Waals surface area (Å²) in [6, 6.07) is 8.35. The number of hydrogen-bond donors (Lipinski definition) is 1. The van der Waals surface area contributed by atoms with Crippen LogP contribution in [-0.4, -0.2) is 29.3 Å². The molecule has 1 N–H and O–H groups in total. The zero-order valence-electron chi connectivity index (χ0n) is 14.0. The SMILES string of the molecule is CC(C)c1ccc(NC(=O)[C@H]2CC(=O)N(C3CCCC3)C2)cc1. The predicted molar refractivity (Wildman–Crippen MR) is 91.2 cm³/mol. The van der Waals surface area contributed by atoms with Crippen molar-refractivity contribution in [3.05, 3.63) is 29.8 Å². The first-order chi connectivity index (χ1) is 11.0. The van der Waals surface area contributed by atoms with Crippen LogP contribution in [0.1, 0.15) is 57.4 Å². The van der Waals surface area contributed by atoms with E-state index in [-0.39, 0.29) is 17.7 Å². The molecule has 4 nitrogen and oxygen atoms in total. The summed E-state index contributed by atoms with van der Waals surface area (Å²) >= 11 is 0. The number of nitrogens with zero attached hydrogens (tertiary/aromatic N) is 1. The highest BCUT2D eigenvalue weighted by Crippen LogP contribution is 2.30. The predicted octanol–water partition coefficient (Wildman–Crippen LogP) is 3.54. The van der Waals surface area contributed by atoms with E-state index < -0.39 is 0 Å². The fourth-order valence-corrected chi connectivity index (χ4v) is 3.67. The molecule has 1 aliphatic heterocycles. The van der Waals surface area contributed by atoms with E-state index in [2.05, 4.69) is 19.2 Å². The summed E-state index contributed by atoms with van der Waals surface area (Å²) < 4.78 is 0. The Labute approximate surface area is 138 Å². The number of carbonyl (C=O) groups is 2. The molecule has 0 aromatic heterocycles. The Morgan fingerprint density at radius 3 is 2.43 bits per heavy atom. The minimum absolute atomic E-state index is 0.0313. The summed E-state index contributed by atoms with van der Waals surface area (Å²) in [6.45, 7) is 4.88. The molecule has 4 heteroatoms. The lowest BCUT2D eigenvalue weighted by atomic mass is 10.0. The molecule has 1 saturated carbocycles. The molecule has 1 saturated heterocycles. The van der Waals surface area contributed by atoms with Gasteiger partial charge in [0.2, 0.25) is 11.8 Å². The molecule has 0 bridgehead atoms. The van der Waals surface area contributed by atoms with Gasteiger partial charge in [0, 0.05) is 24.7 Å². The van der Waals surface area contributed by atoms with Gasteiger partial charge < -0.3 is 10.2 Å². The second-order valence-electron chi connectivity index (χ2n) is 7.15. The third-order valence-corrected chi connectivity index (χ3v) is 5.14. The molecular weight excluding hydrogens is 288 g/mol. The van der Waals surface area contributed by atoms with Crippen LogP contribution in [0.3, 0.4) is 0 Å². The van der Waals surface area contributed by atoms with E-state index >= 15 is 0 Å². The number of likely N-dealkylation sites (tertiary alicyclic amines) is 1. The number of hydrogen-bond acceptors (Lipinski definition) is 2. The quantitative estimate of drug-likeness (QED) is 0.924. The van der Waals surface area contributed by atoms with Gasteiger partial charge in [0.15, 0.2) is 0 Å². The summed E-state index contributed by atoms with van der Waals surface area (Å²) in [6.07, 6.45) is 4.95. The Balaban J connectivity index is 1.59. The van der Waals surface area contributed by atoms with Crippen LogP contribution in [0.4, 0.5) is 5.69 Å². The molecule has 1 heterocycles. The van der Waals surface area contributed by atoms with E-state index in [0.29, 0.717) is 24.9 Å². The first-order valence-corrected chi connectivity index (χ1v) is 8.75. The molecule has 1 aliphatic carbocycles. The molecule has 1 atom stereocenters. The van der Waals surface area contributed by atoms with Gasteiger partial charge in [-0.2, -0.15) is 0 Å². The summed E-state index contributed by atoms with van der Waals surface area (Å²) in [5, 5.41) is 2.96. The zero-order chi connectivity index (χ0) is 16.4. The maximum Gasteiger partial charge on any atom is 0.229 e. The molecule has 1 aromatic carbocycles. The molecule has 2 amide bonds. The van der Waals surface area contributed by atoms with Crippen molar-refractivity contribution in [1.29, 1.82) is 0 Å².